The molecule has 4 nitrogen and oxygen atoms in total. The Bertz CT molecular complexity index is 409. The first-order valence-electron chi connectivity index (χ1n) is 6.38. The highest BCUT2D eigenvalue weighted by Gasteiger charge is 2.11. The van der Waals surface area contributed by atoms with Gasteiger partial charge in [-0.05, 0) is 51.0 Å². The third kappa shape index (κ3) is 5.35. The van der Waals surface area contributed by atoms with E-state index >= 15 is 0 Å². The molecule has 0 aliphatic carbocycles. The number of hydrogen-bond donors (Lipinski definition) is 1. The number of likely N-dealkylation sites (tertiary alicyclic amines) is 1. The second-order valence-electron chi connectivity index (χ2n) is 4.52. The highest BCUT2D eigenvalue weighted by Crippen LogP contribution is 2.08. The van der Waals surface area contributed by atoms with Crippen molar-refractivity contribution in [3.63, 3.8) is 0 Å². The molecule has 0 spiro atoms. The van der Waals surface area contributed by atoms with E-state index in [9.17, 15) is 4.79 Å². The van der Waals surface area contributed by atoms with Gasteiger partial charge in [0.05, 0.1) is 0 Å². The maximum Gasteiger partial charge on any atom is 0.269 e. The van der Waals surface area contributed by atoms with Gasteiger partial charge in [0.2, 0.25) is 0 Å². The summed E-state index contributed by atoms with van der Waals surface area (Å²) >= 11 is 5.81. The Morgan fingerprint density at radius 3 is 2.84 bits per heavy atom. The molecule has 6 heteroatoms. The molecule has 1 N–H and O–H groups in total. The monoisotopic (exact) mass is 303 g/mol. The van der Waals surface area contributed by atoms with E-state index in [2.05, 4.69) is 15.2 Å². The van der Waals surface area contributed by atoms with Gasteiger partial charge >= 0.3 is 0 Å². The smallest absolute Gasteiger partial charge is 0.269 e. The van der Waals surface area contributed by atoms with Crippen LogP contribution in [0.1, 0.15) is 29.8 Å². The van der Waals surface area contributed by atoms with Crippen molar-refractivity contribution in [2.24, 2.45) is 0 Å². The van der Waals surface area contributed by atoms with Crippen molar-refractivity contribution >= 4 is 29.9 Å². The summed E-state index contributed by atoms with van der Waals surface area (Å²) in [7, 11) is 0. The summed E-state index contributed by atoms with van der Waals surface area (Å²) < 4.78 is 0. The number of nitrogens with one attached hydrogen (secondary N) is 1. The first-order valence-corrected chi connectivity index (χ1v) is 6.75. The van der Waals surface area contributed by atoms with Crippen LogP contribution in [0, 0.1) is 0 Å². The Morgan fingerprint density at radius 2 is 2.16 bits per heavy atom. The summed E-state index contributed by atoms with van der Waals surface area (Å²) in [6.07, 6.45) is 5.13. The van der Waals surface area contributed by atoms with E-state index in [1.807, 2.05) is 0 Å². The number of pyridine rings is 1. The minimum Gasteiger partial charge on any atom is -0.351 e. The summed E-state index contributed by atoms with van der Waals surface area (Å²) in [4.78, 5) is 18.2. The molecular formula is C13H19Cl2N3O. The van der Waals surface area contributed by atoms with Crippen LogP contribution in [0.4, 0.5) is 0 Å². The summed E-state index contributed by atoms with van der Waals surface area (Å²) in [6.45, 7) is 4.14. The lowest BCUT2D eigenvalue weighted by Gasteiger charge is -2.14. The second kappa shape index (κ2) is 8.35. The van der Waals surface area contributed by atoms with Crippen LogP contribution in [0.15, 0.2) is 18.3 Å². The number of amides is 1. The lowest BCUT2D eigenvalue weighted by Crippen LogP contribution is -2.29. The quantitative estimate of drug-likeness (QED) is 0.850. The van der Waals surface area contributed by atoms with Gasteiger partial charge in [-0.3, -0.25) is 9.78 Å². The maximum absolute atomic E-state index is 11.7. The Hall–Kier alpha value is -0.840. The molecule has 1 aliphatic rings. The van der Waals surface area contributed by atoms with E-state index < -0.39 is 0 Å². The van der Waals surface area contributed by atoms with Crippen molar-refractivity contribution in [2.75, 3.05) is 26.2 Å². The van der Waals surface area contributed by atoms with Crippen molar-refractivity contribution in [1.29, 1.82) is 0 Å². The third-order valence-corrected chi connectivity index (χ3v) is 3.33. The third-order valence-electron chi connectivity index (χ3n) is 3.09. The fourth-order valence-corrected chi connectivity index (χ4v) is 2.29. The number of nitrogens with zero attached hydrogens (tertiary/aromatic N) is 2. The van der Waals surface area contributed by atoms with Crippen LogP contribution in [-0.4, -0.2) is 42.0 Å². The van der Waals surface area contributed by atoms with Crippen molar-refractivity contribution in [3.8, 4) is 0 Å². The van der Waals surface area contributed by atoms with Gasteiger partial charge in [-0.2, -0.15) is 0 Å². The van der Waals surface area contributed by atoms with Crippen LogP contribution in [0.5, 0.6) is 0 Å². The van der Waals surface area contributed by atoms with E-state index in [1.165, 1.54) is 25.9 Å². The predicted molar refractivity (Wildman–Crippen MR) is 79.1 cm³/mol. The van der Waals surface area contributed by atoms with E-state index in [0.29, 0.717) is 17.3 Å². The van der Waals surface area contributed by atoms with E-state index in [0.717, 1.165) is 13.0 Å². The average molecular weight is 304 g/mol. The summed E-state index contributed by atoms with van der Waals surface area (Å²) in [5.41, 5.74) is 0.378. The molecule has 19 heavy (non-hydrogen) atoms. The molecule has 1 saturated heterocycles. The minimum absolute atomic E-state index is 0. The summed E-state index contributed by atoms with van der Waals surface area (Å²) in [6, 6.07) is 3.24. The molecule has 1 aliphatic heterocycles. The van der Waals surface area contributed by atoms with Crippen molar-refractivity contribution in [3.05, 3.63) is 29.0 Å². The molecule has 0 unspecified atom stereocenters. The van der Waals surface area contributed by atoms with Crippen LogP contribution >= 0.6 is 24.0 Å². The number of carbonyl (C=O) groups excluding carboxylic acids is 1. The van der Waals surface area contributed by atoms with E-state index in [1.54, 1.807) is 18.3 Å². The molecule has 2 heterocycles. The molecule has 1 aromatic heterocycles. The molecule has 1 aromatic rings. The maximum atomic E-state index is 11.7. The van der Waals surface area contributed by atoms with Crippen molar-refractivity contribution < 1.29 is 4.79 Å². The average Bonchev–Trinajstić information content (AvgIpc) is 2.87. The second-order valence-corrected chi connectivity index (χ2v) is 4.95. The van der Waals surface area contributed by atoms with Crippen LogP contribution in [0.25, 0.3) is 0 Å². The van der Waals surface area contributed by atoms with E-state index in [-0.39, 0.29) is 18.3 Å². The normalized spacial score (nSPS) is 15.0. The zero-order valence-electron chi connectivity index (χ0n) is 10.8. The Morgan fingerprint density at radius 1 is 1.42 bits per heavy atom. The van der Waals surface area contributed by atoms with Crippen LogP contribution in [0.2, 0.25) is 5.02 Å². The lowest BCUT2D eigenvalue weighted by atomic mass is 10.3. The zero-order valence-corrected chi connectivity index (χ0v) is 12.3. The van der Waals surface area contributed by atoms with Crippen LogP contribution in [-0.2, 0) is 0 Å². The van der Waals surface area contributed by atoms with Gasteiger partial charge in [-0.1, -0.05) is 11.6 Å². The minimum atomic E-state index is -0.154. The molecule has 0 aromatic carbocycles. The molecule has 106 valence electrons. The van der Waals surface area contributed by atoms with Gasteiger partial charge in [0.15, 0.2) is 0 Å². The number of aromatic nitrogens is 1. The largest absolute Gasteiger partial charge is 0.351 e. The molecular weight excluding hydrogens is 285 g/mol. The fraction of sp³-hybridized carbons (Fsp3) is 0.538. The molecule has 0 atom stereocenters. The van der Waals surface area contributed by atoms with Gasteiger partial charge in [0.25, 0.3) is 5.91 Å². The molecule has 0 saturated carbocycles. The Labute approximate surface area is 124 Å². The number of halogens is 2. The summed E-state index contributed by atoms with van der Waals surface area (Å²) in [5.74, 6) is -0.154. The predicted octanol–water partition coefficient (Wildman–Crippen LogP) is 2.37. The fourth-order valence-electron chi connectivity index (χ4n) is 2.13. The first kappa shape index (κ1) is 16.2. The molecule has 1 amide bonds. The van der Waals surface area contributed by atoms with Gasteiger partial charge in [0.1, 0.15) is 5.69 Å². The van der Waals surface area contributed by atoms with Crippen molar-refractivity contribution in [1.82, 2.24) is 15.2 Å². The van der Waals surface area contributed by atoms with Crippen molar-refractivity contribution in [2.45, 2.75) is 19.3 Å². The Balaban J connectivity index is 0.00000180. The van der Waals surface area contributed by atoms with E-state index in [4.69, 9.17) is 11.6 Å². The van der Waals surface area contributed by atoms with Gasteiger partial charge in [-0.15, -0.1) is 12.4 Å². The highest BCUT2D eigenvalue weighted by molar-refractivity contribution is 6.30. The molecule has 1 fully saturated rings. The molecule has 0 radical (unpaired) electrons. The molecule has 2 rings (SSSR count). The van der Waals surface area contributed by atoms with Gasteiger partial charge in [-0.25, -0.2) is 0 Å². The number of rotatable bonds is 5. The van der Waals surface area contributed by atoms with Crippen LogP contribution < -0.4 is 5.32 Å². The Kier molecular flexibility index (Phi) is 7.13. The number of hydrogen-bond acceptors (Lipinski definition) is 3. The molecule has 0 bridgehead atoms. The van der Waals surface area contributed by atoms with Gasteiger partial charge in [0, 0.05) is 17.8 Å². The topological polar surface area (TPSA) is 45.2 Å². The SMILES string of the molecule is Cl.O=C(NCCCN1CCCC1)c1cc(Cl)ccn1. The lowest BCUT2D eigenvalue weighted by molar-refractivity contribution is 0.0947. The standard InChI is InChI=1S/C13H18ClN3O.ClH/c14-11-4-6-15-12(10-11)13(18)16-5-3-9-17-7-1-2-8-17;/h4,6,10H,1-3,5,7-9H2,(H,16,18);1H. The summed E-state index contributed by atoms with van der Waals surface area (Å²) in [5, 5.41) is 3.40. The number of carbonyl (C=O) groups is 1. The van der Waals surface area contributed by atoms with Gasteiger partial charge < -0.3 is 10.2 Å². The van der Waals surface area contributed by atoms with Crippen LogP contribution in [0.3, 0.4) is 0 Å². The zero-order chi connectivity index (χ0) is 12.8. The highest BCUT2D eigenvalue weighted by atomic mass is 35.5. The first-order chi connectivity index (χ1) is 8.75.